The van der Waals surface area contributed by atoms with Gasteiger partial charge in [0.1, 0.15) is 0 Å². The molecule has 0 fully saturated rings. The Morgan fingerprint density at radius 2 is 0.919 bits per heavy atom. The van der Waals surface area contributed by atoms with Crippen LogP contribution in [0.2, 0.25) is 0 Å². The van der Waals surface area contributed by atoms with Crippen LogP contribution in [0.25, 0.3) is 22.5 Å². The Hall–Kier alpha value is -3.40. The van der Waals surface area contributed by atoms with Crippen LogP contribution in [-0.4, -0.2) is 19.9 Å². The Labute approximate surface area is 222 Å². The SMILES string of the molecule is CC(C)(C)Cc1ccc(-c2cccc(C(C)(C)c3cccc(-c4ccc(CC(C)(C)C)nc4)n3)n2)cn1. The van der Waals surface area contributed by atoms with Crippen molar-refractivity contribution in [2.45, 2.75) is 73.6 Å². The molecule has 4 heteroatoms. The third-order valence-electron chi connectivity index (χ3n) is 6.44. The fourth-order valence-corrected chi connectivity index (χ4v) is 4.47. The molecule has 0 saturated carbocycles. The van der Waals surface area contributed by atoms with E-state index in [1.807, 2.05) is 12.4 Å². The summed E-state index contributed by atoms with van der Waals surface area (Å²) in [6.45, 7) is 17.8. The predicted molar refractivity (Wildman–Crippen MR) is 153 cm³/mol. The van der Waals surface area contributed by atoms with Gasteiger partial charge in [-0.1, -0.05) is 53.7 Å². The number of hydrogen-bond donors (Lipinski definition) is 0. The third kappa shape index (κ3) is 6.88. The van der Waals surface area contributed by atoms with Gasteiger partial charge in [0, 0.05) is 40.3 Å². The maximum absolute atomic E-state index is 5.05. The quantitative estimate of drug-likeness (QED) is 0.273. The van der Waals surface area contributed by atoms with Crippen LogP contribution < -0.4 is 0 Å². The molecule has 0 aliphatic rings. The number of rotatable bonds is 6. The summed E-state index contributed by atoms with van der Waals surface area (Å²) < 4.78 is 0. The van der Waals surface area contributed by atoms with Gasteiger partial charge < -0.3 is 0 Å². The molecule has 4 aromatic heterocycles. The number of nitrogens with zero attached hydrogens (tertiary/aromatic N) is 4. The van der Waals surface area contributed by atoms with E-state index >= 15 is 0 Å². The average molecular weight is 493 g/mol. The van der Waals surface area contributed by atoms with Crippen molar-refractivity contribution in [3.63, 3.8) is 0 Å². The molecule has 37 heavy (non-hydrogen) atoms. The molecule has 4 rings (SSSR count). The first kappa shape index (κ1) is 26.7. The summed E-state index contributed by atoms with van der Waals surface area (Å²) in [6.07, 6.45) is 5.78. The molecular weight excluding hydrogens is 452 g/mol. The van der Waals surface area contributed by atoms with Crippen molar-refractivity contribution < 1.29 is 0 Å². The smallest absolute Gasteiger partial charge is 0.0721 e. The summed E-state index contributed by atoms with van der Waals surface area (Å²) in [7, 11) is 0. The summed E-state index contributed by atoms with van der Waals surface area (Å²) in [5.74, 6) is 0. The molecule has 0 aliphatic carbocycles. The molecule has 0 aromatic carbocycles. The normalized spacial score (nSPS) is 12.5. The predicted octanol–water partition coefficient (Wildman–Crippen LogP) is 8.10. The Morgan fingerprint density at radius 3 is 1.24 bits per heavy atom. The maximum atomic E-state index is 5.05. The molecule has 192 valence electrons. The molecule has 0 unspecified atom stereocenters. The van der Waals surface area contributed by atoms with Gasteiger partial charge in [-0.25, -0.2) is 0 Å². The number of aromatic nitrogens is 4. The monoisotopic (exact) mass is 492 g/mol. The minimum atomic E-state index is -0.370. The highest BCUT2D eigenvalue weighted by molar-refractivity contribution is 5.60. The van der Waals surface area contributed by atoms with Crippen LogP contribution in [-0.2, 0) is 18.3 Å². The van der Waals surface area contributed by atoms with Gasteiger partial charge in [0.2, 0.25) is 0 Å². The van der Waals surface area contributed by atoms with E-state index in [9.17, 15) is 0 Å². The molecule has 0 spiro atoms. The highest BCUT2D eigenvalue weighted by Crippen LogP contribution is 2.32. The van der Waals surface area contributed by atoms with Crippen LogP contribution in [0.15, 0.2) is 73.1 Å². The van der Waals surface area contributed by atoms with E-state index in [0.29, 0.717) is 0 Å². The summed E-state index contributed by atoms with van der Waals surface area (Å²) in [5, 5.41) is 0. The lowest BCUT2D eigenvalue weighted by Crippen LogP contribution is -2.22. The van der Waals surface area contributed by atoms with Crippen LogP contribution in [0.1, 0.15) is 78.2 Å². The zero-order valence-corrected chi connectivity index (χ0v) is 23.6. The molecule has 4 aromatic rings. The van der Waals surface area contributed by atoms with E-state index < -0.39 is 0 Å². The van der Waals surface area contributed by atoms with Crippen molar-refractivity contribution >= 4 is 0 Å². The molecule has 0 N–H and O–H groups in total. The Kier molecular flexibility index (Phi) is 7.32. The lowest BCUT2D eigenvalue weighted by atomic mass is 9.84. The van der Waals surface area contributed by atoms with E-state index in [1.165, 1.54) is 0 Å². The van der Waals surface area contributed by atoms with Crippen molar-refractivity contribution in [2.24, 2.45) is 10.8 Å². The fourth-order valence-electron chi connectivity index (χ4n) is 4.47. The molecule has 4 nitrogen and oxygen atoms in total. The van der Waals surface area contributed by atoms with Gasteiger partial charge in [-0.3, -0.25) is 19.9 Å². The number of pyridine rings is 4. The molecule has 0 radical (unpaired) electrons. The standard InChI is InChI=1S/C33H40N4/c1-31(2,3)19-25-17-15-23(21-34-25)27-11-9-13-29(36-27)33(7,8)30-14-10-12-28(37-30)24-16-18-26(35-22-24)20-32(4,5)6/h9-18,21-22H,19-20H2,1-8H3. The highest BCUT2D eigenvalue weighted by atomic mass is 14.8. The van der Waals surface area contributed by atoms with Crippen LogP contribution in [0.3, 0.4) is 0 Å². The van der Waals surface area contributed by atoms with Crippen LogP contribution >= 0.6 is 0 Å². The minimum absolute atomic E-state index is 0.211. The molecule has 0 atom stereocenters. The molecule has 0 aliphatic heterocycles. The van der Waals surface area contributed by atoms with Gasteiger partial charge in [-0.2, -0.15) is 0 Å². The van der Waals surface area contributed by atoms with Gasteiger partial charge in [-0.15, -0.1) is 0 Å². The zero-order valence-electron chi connectivity index (χ0n) is 23.6. The minimum Gasteiger partial charge on any atom is -0.261 e. The molecule has 0 saturated heterocycles. The van der Waals surface area contributed by atoms with Gasteiger partial charge in [0.15, 0.2) is 0 Å². The summed E-state index contributed by atoms with van der Waals surface area (Å²) in [4.78, 5) is 19.5. The van der Waals surface area contributed by atoms with Crippen LogP contribution in [0.5, 0.6) is 0 Å². The molecule has 0 bridgehead atoms. The first-order valence-electron chi connectivity index (χ1n) is 13.2. The van der Waals surface area contributed by atoms with Crippen molar-refractivity contribution in [1.29, 1.82) is 0 Å². The lowest BCUT2D eigenvalue weighted by Gasteiger charge is -2.25. The van der Waals surface area contributed by atoms with E-state index in [1.54, 1.807) is 0 Å². The third-order valence-corrected chi connectivity index (χ3v) is 6.44. The molecule has 0 amide bonds. The first-order chi connectivity index (χ1) is 17.3. The van der Waals surface area contributed by atoms with Crippen molar-refractivity contribution in [3.05, 3.63) is 95.8 Å². The van der Waals surface area contributed by atoms with Crippen molar-refractivity contribution in [3.8, 4) is 22.5 Å². The van der Waals surface area contributed by atoms with E-state index in [4.69, 9.17) is 19.9 Å². The summed E-state index contributed by atoms with van der Waals surface area (Å²) in [6, 6.07) is 20.9. The van der Waals surface area contributed by atoms with Gasteiger partial charge >= 0.3 is 0 Å². The Morgan fingerprint density at radius 1 is 0.514 bits per heavy atom. The van der Waals surface area contributed by atoms with Gasteiger partial charge in [0.25, 0.3) is 0 Å². The lowest BCUT2D eigenvalue weighted by molar-refractivity contribution is 0.406. The van der Waals surface area contributed by atoms with Crippen LogP contribution in [0, 0.1) is 10.8 Å². The van der Waals surface area contributed by atoms with Crippen molar-refractivity contribution in [1.82, 2.24) is 19.9 Å². The second-order valence-corrected chi connectivity index (χ2v) is 13.0. The second-order valence-electron chi connectivity index (χ2n) is 13.0. The Balaban J connectivity index is 1.59. The largest absolute Gasteiger partial charge is 0.261 e. The summed E-state index contributed by atoms with van der Waals surface area (Å²) >= 11 is 0. The van der Waals surface area contributed by atoms with Crippen LogP contribution in [0.4, 0.5) is 0 Å². The van der Waals surface area contributed by atoms with Gasteiger partial charge in [0.05, 0.1) is 22.8 Å². The van der Waals surface area contributed by atoms with E-state index in [-0.39, 0.29) is 16.2 Å². The number of hydrogen-bond acceptors (Lipinski definition) is 4. The van der Waals surface area contributed by atoms with E-state index in [2.05, 4.69) is 116 Å². The van der Waals surface area contributed by atoms with Crippen molar-refractivity contribution in [2.75, 3.05) is 0 Å². The Bertz CT molecular complexity index is 1230. The highest BCUT2D eigenvalue weighted by Gasteiger charge is 2.27. The van der Waals surface area contributed by atoms with E-state index in [0.717, 1.165) is 58.1 Å². The maximum Gasteiger partial charge on any atom is 0.0721 e. The van der Waals surface area contributed by atoms with Gasteiger partial charge in [-0.05, 0) is 86.1 Å². The fraction of sp³-hybridized carbons (Fsp3) is 0.394. The zero-order chi connectivity index (χ0) is 26.8. The topological polar surface area (TPSA) is 51.6 Å². The average Bonchev–Trinajstić information content (AvgIpc) is 2.83. The summed E-state index contributed by atoms with van der Waals surface area (Å²) in [5.41, 5.74) is 8.13. The first-order valence-corrected chi connectivity index (χ1v) is 13.2. The molecule has 4 heterocycles. The second kappa shape index (κ2) is 10.2. The molecular formula is C33H40N4.